The molecule has 1 aromatic heterocycles. The number of nitrogens with one attached hydrogen (secondary N) is 1. The van der Waals surface area contributed by atoms with Gasteiger partial charge in [-0.1, -0.05) is 18.2 Å². The smallest absolute Gasteiger partial charge is 0.251 e. The van der Waals surface area contributed by atoms with Crippen LogP contribution in [0.25, 0.3) is 11.3 Å². The van der Waals surface area contributed by atoms with Crippen LogP contribution >= 0.6 is 0 Å². The van der Waals surface area contributed by atoms with Gasteiger partial charge in [0.05, 0.1) is 11.8 Å². The summed E-state index contributed by atoms with van der Waals surface area (Å²) in [6.07, 6.45) is 8.06. The third-order valence-corrected chi connectivity index (χ3v) is 5.64. The van der Waals surface area contributed by atoms with E-state index in [1.807, 2.05) is 30.5 Å². The number of carbonyl (C=O) groups is 1. The molecular formula is C23H29N3O2. The number of hydrogen-bond donors (Lipinski definition) is 1. The summed E-state index contributed by atoms with van der Waals surface area (Å²) in [5.41, 5.74) is 3.89. The zero-order chi connectivity index (χ0) is 19.2. The summed E-state index contributed by atoms with van der Waals surface area (Å²) in [7, 11) is 0. The maximum atomic E-state index is 12.4. The summed E-state index contributed by atoms with van der Waals surface area (Å²) in [6.45, 7) is 4.76. The lowest BCUT2D eigenvalue weighted by atomic mass is 10.1. The van der Waals surface area contributed by atoms with Crippen molar-refractivity contribution in [2.24, 2.45) is 0 Å². The van der Waals surface area contributed by atoms with Crippen LogP contribution in [-0.2, 0) is 11.3 Å². The molecule has 4 rings (SSSR count). The van der Waals surface area contributed by atoms with Crippen molar-refractivity contribution in [1.29, 1.82) is 0 Å². The minimum absolute atomic E-state index is 0.0466. The first-order chi connectivity index (χ1) is 13.8. The lowest BCUT2D eigenvalue weighted by Crippen LogP contribution is -2.35. The quantitative estimate of drug-likeness (QED) is 0.833. The average Bonchev–Trinajstić information content (AvgIpc) is 3.26. The molecule has 2 saturated heterocycles. The summed E-state index contributed by atoms with van der Waals surface area (Å²) >= 11 is 0. The van der Waals surface area contributed by atoms with Gasteiger partial charge in [0, 0.05) is 37.0 Å². The second-order valence-electron chi connectivity index (χ2n) is 7.81. The third-order valence-electron chi connectivity index (χ3n) is 5.64. The minimum Gasteiger partial charge on any atom is -0.376 e. The number of ether oxygens (including phenoxy) is 1. The summed E-state index contributed by atoms with van der Waals surface area (Å²) in [5, 5.41) is 2.99. The Balaban J connectivity index is 1.32. The monoisotopic (exact) mass is 379 g/mol. The molecule has 0 saturated carbocycles. The SMILES string of the molecule is O=C(NCC1CCCCO1)c1ccc(-c2ccc(CN3CCCC3)cn2)cc1. The summed E-state index contributed by atoms with van der Waals surface area (Å²) in [6, 6.07) is 11.9. The fourth-order valence-corrected chi connectivity index (χ4v) is 3.96. The Morgan fingerprint density at radius 2 is 1.89 bits per heavy atom. The van der Waals surface area contributed by atoms with Crippen molar-refractivity contribution in [1.82, 2.24) is 15.2 Å². The topological polar surface area (TPSA) is 54.5 Å². The molecule has 2 aromatic rings. The highest BCUT2D eigenvalue weighted by molar-refractivity contribution is 5.94. The predicted molar refractivity (Wildman–Crippen MR) is 110 cm³/mol. The minimum atomic E-state index is -0.0466. The van der Waals surface area contributed by atoms with E-state index in [-0.39, 0.29) is 12.0 Å². The lowest BCUT2D eigenvalue weighted by Gasteiger charge is -2.22. The normalized spacial score (nSPS) is 20.2. The van der Waals surface area contributed by atoms with Crippen LogP contribution in [0.1, 0.15) is 48.0 Å². The molecule has 2 aliphatic rings. The summed E-state index contributed by atoms with van der Waals surface area (Å²) in [4.78, 5) is 19.5. The van der Waals surface area contributed by atoms with E-state index in [2.05, 4.69) is 27.3 Å². The standard InChI is InChI=1S/C23H29N3O2/c27-23(25-16-21-5-1-4-14-28-21)20-9-7-19(8-10-20)22-11-6-18(15-24-22)17-26-12-2-3-13-26/h6-11,15,21H,1-5,12-14,16-17H2,(H,25,27). The van der Waals surface area contributed by atoms with Gasteiger partial charge in [0.15, 0.2) is 0 Å². The highest BCUT2D eigenvalue weighted by atomic mass is 16.5. The van der Waals surface area contributed by atoms with Gasteiger partial charge in [0.2, 0.25) is 0 Å². The number of carbonyl (C=O) groups excluding carboxylic acids is 1. The van der Waals surface area contributed by atoms with Crippen molar-refractivity contribution >= 4 is 5.91 Å². The third kappa shape index (κ3) is 4.97. The number of amides is 1. The molecule has 2 aliphatic heterocycles. The fraction of sp³-hybridized carbons (Fsp3) is 0.478. The van der Waals surface area contributed by atoms with Crippen LogP contribution in [0.2, 0.25) is 0 Å². The van der Waals surface area contributed by atoms with Gasteiger partial charge in [0.1, 0.15) is 0 Å². The van der Waals surface area contributed by atoms with E-state index in [0.717, 1.165) is 37.3 Å². The van der Waals surface area contributed by atoms with Crippen molar-refractivity contribution in [2.45, 2.75) is 44.8 Å². The maximum Gasteiger partial charge on any atom is 0.251 e. The summed E-state index contributed by atoms with van der Waals surface area (Å²) in [5.74, 6) is -0.0466. The molecule has 1 unspecified atom stereocenters. The molecule has 2 fully saturated rings. The van der Waals surface area contributed by atoms with Crippen LogP contribution in [0.4, 0.5) is 0 Å². The number of hydrogen-bond acceptors (Lipinski definition) is 4. The molecule has 1 aromatic carbocycles. The van der Waals surface area contributed by atoms with Gasteiger partial charge in [-0.25, -0.2) is 0 Å². The van der Waals surface area contributed by atoms with E-state index in [1.165, 1.54) is 37.9 Å². The zero-order valence-electron chi connectivity index (χ0n) is 16.4. The van der Waals surface area contributed by atoms with E-state index in [9.17, 15) is 4.79 Å². The Kier molecular flexibility index (Phi) is 6.34. The molecule has 5 nitrogen and oxygen atoms in total. The average molecular weight is 380 g/mol. The van der Waals surface area contributed by atoms with Gasteiger partial charge in [-0.3, -0.25) is 14.7 Å². The van der Waals surface area contributed by atoms with Crippen molar-refractivity contribution in [3.63, 3.8) is 0 Å². The van der Waals surface area contributed by atoms with Crippen LogP contribution in [0.15, 0.2) is 42.6 Å². The van der Waals surface area contributed by atoms with E-state index < -0.39 is 0 Å². The molecule has 28 heavy (non-hydrogen) atoms. The Bertz CT molecular complexity index is 761. The van der Waals surface area contributed by atoms with Gasteiger partial charge in [-0.05, 0) is 69.0 Å². The maximum absolute atomic E-state index is 12.4. The Morgan fingerprint density at radius 1 is 1.07 bits per heavy atom. The van der Waals surface area contributed by atoms with E-state index in [4.69, 9.17) is 4.74 Å². The largest absolute Gasteiger partial charge is 0.376 e. The molecule has 1 N–H and O–H groups in total. The van der Waals surface area contributed by atoms with Crippen LogP contribution < -0.4 is 5.32 Å². The number of benzene rings is 1. The van der Waals surface area contributed by atoms with E-state index in [0.29, 0.717) is 12.1 Å². The van der Waals surface area contributed by atoms with Crippen LogP contribution in [0.5, 0.6) is 0 Å². The van der Waals surface area contributed by atoms with E-state index >= 15 is 0 Å². The first-order valence-electron chi connectivity index (χ1n) is 10.5. The van der Waals surface area contributed by atoms with Gasteiger partial charge in [-0.2, -0.15) is 0 Å². The molecule has 1 amide bonds. The van der Waals surface area contributed by atoms with Gasteiger partial charge in [0.25, 0.3) is 5.91 Å². The molecule has 0 spiro atoms. The van der Waals surface area contributed by atoms with Crippen LogP contribution in [0.3, 0.4) is 0 Å². The highest BCUT2D eigenvalue weighted by Gasteiger charge is 2.15. The molecule has 0 bridgehead atoms. The second-order valence-corrected chi connectivity index (χ2v) is 7.81. The number of likely N-dealkylation sites (tertiary alicyclic amines) is 1. The van der Waals surface area contributed by atoms with Gasteiger partial charge < -0.3 is 10.1 Å². The van der Waals surface area contributed by atoms with Gasteiger partial charge in [-0.15, -0.1) is 0 Å². The Labute approximate surface area is 167 Å². The molecule has 0 radical (unpaired) electrons. The Morgan fingerprint density at radius 3 is 2.57 bits per heavy atom. The molecule has 148 valence electrons. The molecule has 1 atom stereocenters. The second kappa shape index (κ2) is 9.30. The summed E-state index contributed by atoms with van der Waals surface area (Å²) < 4.78 is 5.67. The van der Waals surface area contributed by atoms with Crippen LogP contribution in [0, 0.1) is 0 Å². The molecule has 0 aliphatic carbocycles. The number of nitrogens with zero attached hydrogens (tertiary/aromatic N) is 2. The first kappa shape index (κ1) is 19.1. The molecule has 5 heteroatoms. The molecule has 3 heterocycles. The Hall–Kier alpha value is -2.24. The van der Waals surface area contributed by atoms with Crippen molar-refractivity contribution < 1.29 is 9.53 Å². The van der Waals surface area contributed by atoms with Crippen molar-refractivity contribution in [2.75, 3.05) is 26.2 Å². The highest BCUT2D eigenvalue weighted by Crippen LogP contribution is 2.19. The lowest BCUT2D eigenvalue weighted by molar-refractivity contribution is 0.0169. The number of pyridine rings is 1. The number of rotatable bonds is 6. The number of aromatic nitrogens is 1. The van der Waals surface area contributed by atoms with Crippen molar-refractivity contribution in [3.8, 4) is 11.3 Å². The predicted octanol–water partition coefficient (Wildman–Crippen LogP) is 3.64. The zero-order valence-corrected chi connectivity index (χ0v) is 16.4. The first-order valence-corrected chi connectivity index (χ1v) is 10.5. The molecular weight excluding hydrogens is 350 g/mol. The van der Waals surface area contributed by atoms with Crippen LogP contribution in [-0.4, -0.2) is 48.1 Å². The van der Waals surface area contributed by atoms with Gasteiger partial charge >= 0.3 is 0 Å². The van der Waals surface area contributed by atoms with E-state index in [1.54, 1.807) is 0 Å². The fourth-order valence-electron chi connectivity index (χ4n) is 3.96. The van der Waals surface area contributed by atoms with Crippen molar-refractivity contribution in [3.05, 3.63) is 53.7 Å².